The molecule has 0 bridgehead atoms. The predicted octanol–water partition coefficient (Wildman–Crippen LogP) is 4.30. The molecule has 0 amide bonds. The van der Waals surface area contributed by atoms with Crippen LogP contribution in [0.2, 0.25) is 5.02 Å². The molecule has 1 aromatic heterocycles. The summed E-state index contributed by atoms with van der Waals surface area (Å²) in [6, 6.07) is 11.6. The Bertz CT molecular complexity index is 1620. The molecule has 0 spiro atoms. The lowest BCUT2D eigenvalue weighted by atomic mass is 10.0. The Morgan fingerprint density at radius 3 is 2.16 bits per heavy atom. The lowest BCUT2D eigenvalue weighted by molar-refractivity contribution is -0.256. The van der Waals surface area contributed by atoms with Gasteiger partial charge >= 0.3 is 23.9 Å². The lowest BCUT2D eigenvalue weighted by Gasteiger charge is -2.42. The summed E-state index contributed by atoms with van der Waals surface area (Å²) in [7, 11) is 1.50. The molecule has 4 rings (SSSR count). The van der Waals surface area contributed by atoms with Gasteiger partial charge in [-0.3, -0.25) is 28.5 Å². The number of methoxy groups -OCH3 is 1. The van der Waals surface area contributed by atoms with Gasteiger partial charge in [-0.2, -0.15) is 0 Å². The summed E-state index contributed by atoms with van der Waals surface area (Å²) >= 11 is 9.39. The van der Waals surface area contributed by atoms with Gasteiger partial charge in [0.1, 0.15) is 23.3 Å². The van der Waals surface area contributed by atoms with Crippen LogP contribution in [0.5, 0.6) is 5.75 Å². The first-order chi connectivity index (χ1) is 21.3. The molecule has 2 heterocycles. The van der Waals surface area contributed by atoms with Crippen molar-refractivity contribution < 1.29 is 52.4 Å². The van der Waals surface area contributed by atoms with Crippen molar-refractivity contribution in [3.8, 4) is 5.75 Å². The number of esters is 4. The van der Waals surface area contributed by atoms with Crippen molar-refractivity contribution in [2.75, 3.05) is 13.7 Å². The average molecular weight is 709 g/mol. The topological polar surface area (TPSA) is 146 Å². The number of rotatable bonds is 9. The Hall–Kier alpha value is -3.94. The molecular formula is C31H31BrClNO11. The fourth-order valence-corrected chi connectivity index (χ4v) is 5.84. The third-order valence-corrected chi connectivity index (χ3v) is 8.24. The number of hydrogen-bond donors (Lipinski definition) is 0. The van der Waals surface area contributed by atoms with Gasteiger partial charge in [0.25, 0.3) is 5.91 Å². The molecule has 1 aliphatic heterocycles. The highest BCUT2D eigenvalue weighted by molar-refractivity contribution is 9.09. The SMILES string of the molecule is COc1ccc2c(c1)c(CC(=O)O[C@@H]1O[C@H](COC(C)=O)[C@@H](OC(C)=O)[C@H](OC(C)=O)[C@H]1Br)c(C)n2C(=O)c1ccc(Cl)cc1. The van der Waals surface area contributed by atoms with Gasteiger partial charge in [0, 0.05) is 42.4 Å². The van der Waals surface area contributed by atoms with Crippen LogP contribution in [0.25, 0.3) is 10.9 Å². The number of hydrogen-bond acceptors (Lipinski definition) is 11. The van der Waals surface area contributed by atoms with Gasteiger partial charge < -0.3 is 28.4 Å². The minimum Gasteiger partial charge on any atom is -0.497 e. The summed E-state index contributed by atoms with van der Waals surface area (Å²) in [6.45, 7) is 4.85. The Morgan fingerprint density at radius 1 is 0.911 bits per heavy atom. The quantitative estimate of drug-likeness (QED) is 0.178. The van der Waals surface area contributed by atoms with Crippen molar-refractivity contribution in [1.29, 1.82) is 0 Å². The average Bonchev–Trinajstić information content (AvgIpc) is 3.24. The first-order valence-electron chi connectivity index (χ1n) is 13.8. The van der Waals surface area contributed by atoms with Crippen LogP contribution >= 0.6 is 27.5 Å². The van der Waals surface area contributed by atoms with Gasteiger partial charge in [-0.15, -0.1) is 0 Å². The molecule has 45 heavy (non-hydrogen) atoms. The van der Waals surface area contributed by atoms with Gasteiger partial charge in [0.05, 0.1) is 19.0 Å². The van der Waals surface area contributed by atoms with E-state index in [9.17, 15) is 24.0 Å². The second-order valence-corrected chi connectivity index (χ2v) is 11.7. The lowest BCUT2D eigenvalue weighted by Crippen LogP contribution is -2.60. The van der Waals surface area contributed by atoms with Crippen LogP contribution in [0.15, 0.2) is 42.5 Å². The predicted molar refractivity (Wildman–Crippen MR) is 163 cm³/mol. The van der Waals surface area contributed by atoms with Gasteiger partial charge in [0.2, 0.25) is 6.29 Å². The van der Waals surface area contributed by atoms with E-state index in [4.69, 9.17) is 40.0 Å². The number of carbonyl (C=O) groups excluding carboxylic acids is 5. The fourth-order valence-electron chi connectivity index (χ4n) is 5.07. The van der Waals surface area contributed by atoms with Crippen LogP contribution in [0.3, 0.4) is 0 Å². The number of fused-ring (bicyclic) bond motifs is 1. The highest BCUT2D eigenvalue weighted by Gasteiger charge is 2.51. The summed E-state index contributed by atoms with van der Waals surface area (Å²) < 4.78 is 34.4. The molecule has 1 aliphatic rings. The molecule has 0 radical (unpaired) electrons. The van der Waals surface area contributed by atoms with Crippen LogP contribution in [-0.4, -0.2) is 77.5 Å². The summed E-state index contributed by atoms with van der Waals surface area (Å²) in [5.74, 6) is -2.58. The third-order valence-electron chi connectivity index (χ3n) is 7.03. The molecule has 0 N–H and O–H groups in total. The molecule has 0 saturated carbocycles. The first kappa shape index (κ1) is 33.9. The van der Waals surface area contributed by atoms with E-state index < -0.39 is 53.3 Å². The Labute approximate surface area is 271 Å². The largest absolute Gasteiger partial charge is 0.497 e. The number of aromatic nitrogens is 1. The second kappa shape index (κ2) is 14.4. The molecule has 12 nitrogen and oxygen atoms in total. The van der Waals surface area contributed by atoms with E-state index in [-0.39, 0.29) is 18.9 Å². The molecule has 240 valence electrons. The van der Waals surface area contributed by atoms with Crippen LogP contribution < -0.4 is 4.74 Å². The van der Waals surface area contributed by atoms with Crippen molar-refractivity contribution in [1.82, 2.24) is 4.57 Å². The molecule has 2 aromatic carbocycles. The summed E-state index contributed by atoms with van der Waals surface area (Å²) in [5, 5.41) is 1.07. The van der Waals surface area contributed by atoms with E-state index in [2.05, 4.69) is 15.9 Å². The van der Waals surface area contributed by atoms with Crippen molar-refractivity contribution in [2.45, 2.75) is 63.5 Å². The zero-order valence-electron chi connectivity index (χ0n) is 25.0. The summed E-state index contributed by atoms with van der Waals surface area (Å²) in [6.07, 6.45) is -5.12. The zero-order chi connectivity index (χ0) is 33.0. The zero-order valence-corrected chi connectivity index (χ0v) is 27.4. The Morgan fingerprint density at radius 2 is 1.56 bits per heavy atom. The van der Waals surface area contributed by atoms with Gasteiger partial charge in [0.15, 0.2) is 12.2 Å². The third kappa shape index (κ3) is 7.84. The number of alkyl halides is 1. The number of halogens is 2. The van der Waals surface area contributed by atoms with Crippen LogP contribution in [0, 0.1) is 6.92 Å². The fraction of sp³-hybridized carbons (Fsp3) is 0.387. The Kier molecular flexibility index (Phi) is 10.9. The first-order valence-corrected chi connectivity index (χ1v) is 15.0. The Balaban J connectivity index is 1.66. The second-order valence-electron chi connectivity index (χ2n) is 10.2. The maximum Gasteiger partial charge on any atom is 0.312 e. The van der Waals surface area contributed by atoms with Crippen LogP contribution in [0.4, 0.5) is 0 Å². The molecule has 0 aliphatic carbocycles. The normalized spacial score (nSPS) is 21.1. The molecule has 14 heteroatoms. The molecular weight excluding hydrogens is 678 g/mol. The van der Waals surface area contributed by atoms with E-state index >= 15 is 0 Å². The highest BCUT2D eigenvalue weighted by Crippen LogP contribution is 2.34. The molecule has 5 atom stereocenters. The van der Waals surface area contributed by atoms with Gasteiger partial charge in [-0.25, -0.2) is 0 Å². The van der Waals surface area contributed by atoms with Crippen molar-refractivity contribution in [3.05, 3.63) is 64.3 Å². The van der Waals surface area contributed by atoms with Crippen molar-refractivity contribution in [2.24, 2.45) is 0 Å². The van der Waals surface area contributed by atoms with Crippen LogP contribution in [-0.2, 0) is 49.3 Å². The highest BCUT2D eigenvalue weighted by atomic mass is 79.9. The minimum absolute atomic E-state index is 0.282. The number of carbonyl (C=O) groups is 5. The minimum atomic E-state index is -1.35. The van der Waals surface area contributed by atoms with E-state index in [0.717, 1.165) is 6.92 Å². The van der Waals surface area contributed by atoms with E-state index in [1.54, 1.807) is 49.4 Å². The summed E-state index contributed by atoms with van der Waals surface area (Å²) in [5.41, 5.74) is 1.93. The summed E-state index contributed by atoms with van der Waals surface area (Å²) in [4.78, 5) is 61.5. The van der Waals surface area contributed by atoms with E-state index in [1.165, 1.54) is 25.5 Å². The van der Waals surface area contributed by atoms with Gasteiger partial charge in [-0.05, 0) is 55.0 Å². The smallest absolute Gasteiger partial charge is 0.312 e. The molecule has 3 aromatic rings. The standard InChI is InChI=1S/C31H31BrClNO11/c1-15-22(23-12-21(40-5)10-11-24(23)34(15)30(39)19-6-8-20(33)9-7-19)13-26(38)45-31-27(32)29(43-18(4)37)28(42-17(3)36)25(44-31)14-41-16(2)35/h6-12,25,27-29,31H,13-14H2,1-5H3/t25-,27-,28-,29-,31+/m1/s1. The molecule has 0 unspecified atom stereocenters. The molecule has 1 saturated heterocycles. The van der Waals surface area contributed by atoms with Crippen LogP contribution in [0.1, 0.15) is 42.4 Å². The number of benzene rings is 2. The van der Waals surface area contributed by atoms with Crippen molar-refractivity contribution >= 4 is 68.2 Å². The van der Waals surface area contributed by atoms with Gasteiger partial charge in [-0.1, -0.05) is 27.5 Å². The monoisotopic (exact) mass is 707 g/mol. The number of ether oxygens (including phenoxy) is 6. The maximum absolute atomic E-state index is 13.6. The molecule has 1 fully saturated rings. The number of nitrogens with zero attached hydrogens (tertiary/aromatic N) is 1. The maximum atomic E-state index is 13.6. The van der Waals surface area contributed by atoms with E-state index in [1.807, 2.05) is 0 Å². The van der Waals surface area contributed by atoms with Crippen molar-refractivity contribution in [3.63, 3.8) is 0 Å². The van der Waals surface area contributed by atoms with E-state index in [0.29, 0.717) is 38.5 Å².